The van der Waals surface area contributed by atoms with Gasteiger partial charge in [0.1, 0.15) is 0 Å². The van der Waals surface area contributed by atoms with Crippen LogP contribution >= 0.6 is 0 Å². The minimum Gasteiger partial charge on any atom is -0.384 e. The van der Waals surface area contributed by atoms with Gasteiger partial charge < -0.3 is 15.4 Å². The molecule has 0 radical (unpaired) electrons. The number of nitrogens with two attached hydrogens (primary N) is 1. The van der Waals surface area contributed by atoms with Crippen LogP contribution in [-0.4, -0.2) is 43.7 Å². The number of carbonyl (C=O) groups is 1. The van der Waals surface area contributed by atoms with Crippen molar-refractivity contribution >= 4 is 5.91 Å². The van der Waals surface area contributed by atoms with Crippen molar-refractivity contribution in [2.45, 2.75) is 32.7 Å². The SMILES string of the molecule is CCC(C)C(N)C(=O)N1CCC(COC)C1. The monoisotopic (exact) mass is 228 g/mol. The van der Waals surface area contributed by atoms with Gasteiger partial charge in [-0.3, -0.25) is 4.79 Å². The molecule has 0 spiro atoms. The molecule has 1 aliphatic heterocycles. The Kier molecular flexibility index (Phi) is 5.22. The van der Waals surface area contributed by atoms with Crippen molar-refractivity contribution in [3.8, 4) is 0 Å². The molecule has 16 heavy (non-hydrogen) atoms. The van der Waals surface area contributed by atoms with E-state index in [9.17, 15) is 4.79 Å². The molecule has 1 aliphatic rings. The number of ether oxygens (including phenoxy) is 1. The lowest BCUT2D eigenvalue weighted by Gasteiger charge is -2.24. The number of hydrogen-bond acceptors (Lipinski definition) is 3. The van der Waals surface area contributed by atoms with Gasteiger partial charge in [-0.1, -0.05) is 20.3 Å². The third-order valence-electron chi connectivity index (χ3n) is 3.54. The van der Waals surface area contributed by atoms with Crippen LogP contribution in [0.3, 0.4) is 0 Å². The normalized spacial score (nSPS) is 24.5. The van der Waals surface area contributed by atoms with Crippen LogP contribution in [0.15, 0.2) is 0 Å². The van der Waals surface area contributed by atoms with Crippen LogP contribution in [0.5, 0.6) is 0 Å². The highest BCUT2D eigenvalue weighted by atomic mass is 16.5. The minimum absolute atomic E-state index is 0.105. The number of rotatable bonds is 5. The van der Waals surface area contributed by atoms with Crippen molar-refractivity contribution < 1.29 is 9.53 Å². The maximum atomic E-state index is 12.1. The number of methoxy groups -OCH3 is 1. The van der Waals surface area contributed by atoms with Crippen molar-refractivity contribution in [2.24, 2.45) is 17.6 Å². The molecule has 3 unspecified atom stereocenters. The lowest BCUT2D eigenvalue weighted by molar-refractivity contribution is -0.132. The number of likely N-dealkylation sites (tertiary alicyclic amines) is 1. The Balaban J connectivity index is 2.44. The van der Waals surface area contributed by atoms with Crippen molar-refractivity contribution in [3.63, 3.8) is 0 Å². The molecule has 1 heterocycles. The summed E-state index contributed by atoms with van der Waals surface area (Å²) >= 11 is 0. The van der Waals surface area contributed by atoms with Gasteiger partial charge in [0, 0.05) is 26.1 Å². The van der Waals surface area contributed by atoms with Crippen LogP contribution in [0, 0.1) is 11.8 Å². The van der Waals surface area contributed by atoms with Gasteiger partial charge in [-0.05, 0) is 12.3 Å². The smallest absolute Gasteiger partial charge is 0.239 e. The Bertz CT molecular complexity index is 233. The van der Waals surface area contributed by atoms with Gasteiger partial charge in [-0.25, -0.2) is 0 Å². The van der Waals surface area contributed by atoms with Gasteiger partial charge in [-0.2, -0.15) is 0 Å². The molecular formula is C12H24N2O2. The molecule has 94 valence electrons. The van der Waals surface area contributed by atoms with Crippen LogP contribution in [0.2, 0.25) is 0 Å². The van der Waals surface area contributed by atoms with E-state index < -0.39 is 0 Å². The standard InChI is InChI=1S/C12H24N2O2/c1-4-9(2)11(13)12(15)14-6-5-10(7-14)8-16-3/h9-11H,4-8,13H2,1-3H3. The van der Waals surface area contributed by atoms with Gasteiger partial charge in [0.2, 0.25) is 5.91 Å². The lowest BCUT2D eigenvalue weighted by atomic mass is 9.99. The average molecular weight is 228 g/mol. The van der Waals surface area contributed by atoms with E-state index in [1.54, 1.807) is 7.11 Å². The van der Waals surface area contributed by atoms with E-state index in [0.29, 0.717) is 5.92 Å². The fourth-order valence-corrected chi connectivity index (χ4v) is 2.11. The molecule has 0 aliphatic carbocycles. The maximum absolute atomic E-state index is 12.1. The van der Waals surface area contributed by atoms with Crippen molar-refractivity contribution in [2.75, 3.05) is 26.8 Å². The van der Waals surface area contributed by atoms with E-state index in [-0.39, 0.29) is 17.9 Å². The molecule has 1 saturated heterocycles. The van der Waals surface area contributed by atoms with Crippen LogP contribution < -0.4 is 5.73 Å². The molecule has 1 rings (SSSR count). The lowest BCUT2D eigenvalue weighted by Crippen LogP contribution is -2.46. The second-order valence-electron chi connectivity index (χ2n) is 4.81. The zero-order chi connectivity index (χ0) is 12.1. The summed E-state index contributed by atoms with van der Waals surface area (Å²) < 4.78 is 5.11. The first kappa shape index (κ1) is 13.5. The zero-order valence-corrected chi connectivity index (χ0v) is 10.6. The van der Waals surface area contributed by atoms with Gasteiger partial charge in [-0.15, -0.1) is 0 Å². The first-order valence-electron chi connectivity index (χ1n) is 6.13. The average Bonchev–Trinajstić information content (AvgIpc) is 2.75. The second-order valence-corrected chi connectivity index (χ2v) is 4.81. The Morgan fingerprint density at radius 2 is 2.31 bits per heavy atom. The summed E-state index contributed by atoms with van der Waals surface area (Å²) in [6.45, 7) is 6.47. The molecule has 0 aromatic heterocycles. The molecular weight excluding hydrogens is 204 g/mol. The molecule has 1 amide bonds. The highest BCUT2D eigenvalue weighted by molar-refractivity contribution is 5.82. The second kappa shape index (κ2) is 6.21. The molecule has 2 N–H and O–H groups in total. The molecule has 4 heteroatoms. The molecule has 1 fully saturated rings. The molecule has 0 aromatic carbocycles. The van der Waals surface area contributed by atoms with E-state index in [1.807, 2.05) is 11.8 Å². The van der Waals surface area contributed by atoms with Crippen LogP contribution in [0.4, 0.5) is 0 Å². The Morgan fingerprint density at radius 1 is 1.62 bits per heavy atom. The number of amides is 1. The van der Waals surface area contributed by atoms with E-state index in [0.717, 1.165) is 32.5 Å². The Labute approximate surface area is 98.1 Å². The van der Waals surface area contributed by atoms with Gasteiger partial charge in [0.05, 0.1) is 12.6 Å². The van der Waals surface area contributed by atoms with Crippen LogP contribution in [-0.2, 0) is 9.53 Å². The molecule has 0 bridgehead atoms. The summed E-state index contributed by atoms with van der Waals surface area (Å²) in [5.41, 5.74) is 5.95. The van der Waals surface area contributed by atoms with Gasteiger partial charge in [0.25, 0.3) is 0 Å². The quantitative estimate of drug-likeness (QED) is 0.759. The van der Waals surface area contributed by atoms with E-state index in [4.69, 9.17) is 10.5 Å². The van der Waals surface area contributed by atoms with Crippen molar-refractivity contribution in [1.29, 1.82) is 0 Å². The minimum atomic E-state index is -0.341. The van der Waals surface area contributed by atoms with E-state index in [2.05, 4.69) is 6.92 Å². The third kappa shape index (κ3) is 3.19. The number of carbonyl (C=O) groups excluding carboxylic acids is 1. The first-order chi connectivity index (χ1) is 7.60. The fraction of sp³-hybridized carbons (Fsp3) is 0.917. The summed E-state index contributed by atoms with van der Waals surface area (Å²) in [5.74, 6) is 0.847. The van der Waals surface area contributed by atoms with Crippen molar-refractivity contribution in [1.82, 2.24) is 4.90 Å². The molecule has 4 nitrogen and oxygen atoms in total. The number of hydrogen-bond donors (Lipinski definition) is 1. The number of nitrogens with zero attached hydrogens (tertiary/aromatic N) is 1. The van der Waals surface area contributed by atoms with Crippen molar-refractivity contribution in [3.05, 3.63) is 0 Å². The first-order valence-corrected chi connectivity index (χ1v) is 6.13. The highest BCUT2D eigenvalue weighted by Crippen LogP contribution is 2.18. The Hall–Kier alpha value is -0.610. The summed E-state index contributed by atoms with van der Waals surface area (Å²) in [6.07, 6.45) is 1.98. The van der Waals surface area contributed by atoms with Crippen LogP contribution in [0.25, 0.3) is 0 Å². The third-order valence-corrected chi connectivity index (χ3v) is 3.54. The van der Waals surface area contributed by atoms with Gasteiger partial charge in [0.15, 0.2) is 0 Å². The molecule has 3 atom stereocenters. The summed E-state index contributed by atoms with van der Waals surface area (Å²) in [4.78, 5) is 13.9. The largest absolute Gasteiger partial charge is 0.384 e. The summed E-state index contributed by atoms with van der Waals surface area (Å²) in [6, 6.07) is -0.341. The predicted octanol–water partition coefficient (Wildman–Crippen LogP) is 0.855. The zero-order valence-electron chi connectivity index (χ0n) is 10.6. The summed E-state index contributed by atoms with van der Waals surface area (Å²) in [7, 11) is 1.70. The fourth-order valence-electron chi connectivity index (χ4n) is 2.11. The van der Waals surface area contributed by atoms with Crippen LogP contribution in [0.1, 0.15) is 26.7 Å². The topological polar surface area (TPSA) is 55.6 Å². The summed E-state index contributed by atoms with van der Waals surface area (Å²) in [5, 5.41) is 0. The molecule has 0 aromatic rings. The predicted molar refractivity (Wildman–Crippen MR) is 64.0 cm³/mol. The highest BCUT2D eigenvalue weighted by Gasteiger charge is 2.30. The van der Waals surface area contributed by atoms with E-state index in [1.165, 1.54) is 0 Å². The molecule has 0 saturated carbocycles. The Morgan fingerprint density at radius 3 is 2.88 bits per heavy atom. The van der Waals surface area contributed by atoms with E-state index >= 15 is 0 Å². The maximum Gasteiger partial charge on any atom is 0.239 e. The van der Waals surface area contributed by atoms with Gasteiger partial charge >= 0.3 is 0 Å².